The van der Waals surface area contributed by atoms with Crippen molar-refractivity contribution in [2.24, 2.45) is 23.7 Å². The van der Waals surface area contributed by atoms with Gasteiger partial charge in [0.05, 0.1) is 0 Å². The summed E-state index contributed by atoms with van der Waals surface area (Å²) in [5.74, 6) is 3.20. The first kappa shape index (κ1) is 81.1. The predicted molar refractivity (Wildman–Crippen MR) is 379 cm³/mol. The van der Waals surface area contributed by atoms with Crippen LogP contribution in [-0.2, 0) is 43.4 Å². The predicted octanol–water partition coefficient (Wildman–Crippen LogP) is 17.6. The van der Waals surface area contributed by atoms with Crippen molar-refractivity contribution in [1.82, 2.24) is 0 Å². The van der Waals surface area contributed by atoms with E-state index in [2.05, 4.69) is 229 Å². The summed E-state index contributed by atoms with van der Waals surface area (Å²) in [5, 5.41) is 17.9. The molecule has 0 unspecified atom stereocenters. The Balaban J connectivity index is 0.000000553. The van der Waals surface area contributed by atoms with Gasteiger partial charge in [-0.1, -0.05) is 216 Å². The molecule has 84 heavy (non-hydrogen) atoms. The summed E-state index contributed by atoms with van der Waals surface area (Å²) >= 11 is 0. The van der Waals surface area contributed by atoms with E-state index in [4.69, 9.17) is 0 Å². The van der Waals surface area contributed by atoms with E-state index in [1.54, 1.807) is 21.2 Å². The van der Waals surface area contributed by atoms with Gasteiger partial charge in [0.1, 0.15) is 0 Å². The van der Waals surface area contributed by atoms with Crippen molar-refractivity contribution in [1.29, 1.82) is 0 Å². The Morgan fingerprint density at radius 2 is 0.488 bits per heavy atom. The zero-order valence-electron chi connectivity index (χ0n) is 54.7. The molecule has 8 heteroatoms. The molecule has 0 bridgehead atoms. The number of unbranched alkanes of at least 4 members (excludes halogenated alkanes) is 12. The Hall–Kier alpha value is -0.951. The summed E-state index contributed by atoms with van der Waals surface area (Å²) in [6.07, 6.45) is 33.6. The number of benzene rings is 4. The van der Waals surface area contributed by atoms with Gasteiger partial charge in [-0.05, 0) is 98.7 Å². The van der Waals surface area contributed by atoms with Crippen LogP contribution in [0.4, 0.5) is 0 Å². The Bertz CT molecular complexity index is 2460. The molecule has 0 aliphatic carbocycles. The van der Waals surface area contributed by atoms with Crippen molar-refractivity contribution in [2.75, 3.05) is 49.3 Å². The maximum Gasteiger partial charge on any atom is 2.00 e. The van der Waals surface area contributed by atoms with Gasteiger partial charge in [0.15, 0.2) is 0 Å². The Labute approximate surface area is 563 Å². The van der Waals surface area contributed by atoms with Crippen LogP contribution >= 0.6 is 31.7 Å². The number of rotatable bonds is 32. The van der Waals surface area contributed by atoms with Gasteiger partial charge in [-0.2, -0.15) is 24.3 Å². The third-order valence-corrected chi connectivity index (χ3v) is 27.4. The third kappa shape index (κ3) is 30.2. The Morgan fingerprint density at radius 1 is 0.286 bits per heavy atom. The molecule has 0 aliphatic heterocycles. The van der Waals surface area contributed by atoms with Crippen LogP contribution in [0.1, 0.15) is 186 Å². The molecule has 0 amide bonds. The van der Waals surface area contributed by atoms with Crippen molar-refractivity contribution < 1.29 is 68.2 Å². The van der Waals surface area contributed by atoms with E-state index in [-0.39, 0.29) is 99.9 Å². The minimum Gasteiger partial charge on any atom is -1.00 e. The zero-order chi connectivity index (χ0) is 57.5. The average molecular weight is 1320 g/mol. The van der Waals surface area contributed by atoms with Crippen molar-refractivity contribution in [2.45, 2.75) is 186 Å². The van der Waals surface area contributed by atoms with E-state index in [1.807, 2.05) is 0 Å². The minimum atomic E-state index is 0. The summed E-state index contributed by atoms with van der Waals surface area (Å²) in [4.78, 5) is 0. The second-order valence-corrected chi connectivity index (χ2v) is 34.6. The molecule has 0 spiro atoms. The van der Waals surface area contributed by atoms with Crippen molar-refractivity contribution >= 4 is 96.0 Å². The fourth-order valence-electron chi connectivity index (χ4n) is 11.3. The van der Waals surface area contributed by atoms with Gasteiger partial charge in [0.25, 0.3) is 0 Å². The summed E-state index contributed by atoms with van der Waals surface area (Å²) < 4.78 is 0. The molecule has 0 fully saturated rings. The van der Waals surface area contributed by atoms with Gasteiger partial charge in [0, 0.05) is 0 Å². The molecule has 460 valence electrons. The first-order valence-electron chi connectivity index (χ1n) is 32.4. The van der Waals surface area contributed by atoms with E-state index in [9.17, 15) is 0 Å². The normalized spacial score (nSPS) is 11.3. The fourth-order valence-corrected chi connectivity index (χ4v) is 22.4. The maximum absolute atomic E-state index is 2.47. The molecule has 8 rings (SSSR count). The Morgan fingerprint density at radius 3 is 0.679 bits per heavy atom. The third-order valence-electron chi connectivity index (χ3n) is 15.3. The van der Waals surface area contributed by atoms with Crippen LogP contribution in [0.3, 0.4) is 0 Å². The monoisotopic (exact) mass is 1310 g/mol. The van der Waals surface area contributed by atoms with Gasteiger partial charge in [-0.15, -0.1) is 161 Å². The molecule has 0 heterocycles. The summed E-state index contributed by atoms with van der Waals surface area (Å²) in [7, 11) is 0.165. The minimum absolute atomic E-state index is 0. The standard InChI is InChI=1S/2C21H32P.2C17H24P.2ClH.2Ti/c2*1-3-5-7-11-15-22(16-12-8-6-4-2)21-17-19-13-9-10-14-20(19)18-21;2*1-13(2)11-18(12-14(3)4)17-9-15-7-5-6-8-16(15)10-17;;;;/h2*9-10,13-14,17-18H,3-8,11-12,15-16H2,1-2H3;2*5-10,13-14H,11-12H2,1-4H3;2*1H;;/q4*-1;;;2*+2/p-2. The van der Waals surface area contributed by atoms with E-state index in [0.29, 0.717) is 0 Å². The fraction of sp³-hybridized carbons (Fsp3) is 0.526. The van der Waals surface area contributed by atoms with Crippen LogP contribution in [0.25, 0.3) is 43.1 Å². The molecule has 0 saturated carbocycles. The van der Waals surface area contributed by atoms with Crippen molar-refractivity contribution in [3.8, 4) is 0 Å². The van der Waals surface area contributed by atoms with E-state index < -0.39 is 0 Å². The molecule has 0 atom stereocenters. The van der Waals surface area contributed by atoms with Crippen molar-refractivity contribution in [3.05, 3.63) is 146 Å². The average Bonchev–Trinajstić information content (AvgIpc) is 4.46. The van der Waals surface area contributed by atoms with Crippen LogP contribution in [0.15, 0.2) is 146 Å². The summed E-state index contributed by atoms with van der Waals surface area (Å²) in [6.45, 7) is 28.0. The topological polar surface area (TPSA) is 0 Å². The van der Waals surface area contributed by atoms with Gasteiger partial charge in [-0.3, -0.25) is 0 Å². The maximum atomic E-state index is 2.47. The number of hydrogen-bond donors (Lipinski definition) is 0. The van der Waals surface area contributed by atoms with Gasteiger partial charge in [0.2, 0.25) is 0 Å². The molecular formula is C76H112Cl2P4Ti2-2. The van der Waals surface area contributed by atoms with E-state index >= 15 is 0 Å². The largest absolute Gasteiger partial charge is 2.00 e. The van der Waals surface area contributed by atoms with Gasteiger partial charge >= 0.3 is 43.4 Å². The number of hydrogen-bond acceptors (Lipinski definition) is 0. The molecule has 0 saturated heterocycles. The molecule has 8 aromatic rings. The van der Waals surface area contributed by atoms with E-state index in [1.165, 1.54) is 195 Å². The summed E-state index contributed by atoms with van der Waals surface area (Å²) in [5.41, 5.74) is 0. The quantitative estimate of drug-likeness (QED) is 0.0171. The first-order chi connectivity index (χ1) is 38.8. The van der Waals surface area contributed by atoms with Crippen LogP contribution in [0.5, 0.6) is 0 Å². The molecule has 8 aromatic carbocycles. The molecule has 0 radical (unpaired) electrons. The second-order valence-electron chi connectivity index (χ2n) is 25.0. The first-order valence-corrected chi connectivity index (χ1v) is 39.3. The van der Waals surface area contributed by atoms with Crippen LogP contribution < -0.4 is 46.0 Å². The molecule has 0 aliphatic rings. The second kappa shape index (κ2) is 47.0. The molecular weight excluding hydrogens is 1200 g/mol. The van der Waals surface area contributed by atoms with Crippen LogP contribution in [0.2, 0.25) is 0 Å². The van der Waals surface area contributed by atoms with Crippen molar-refractivity contribution in [3.63, 3.8) is 0 Å². The molecule has 0 aromatic heterocycles. The molecule has 0 nitrogen and oxygen atoms in total. The van der Waals surface area contributed by atoms with Crippen LogP contribution in [-0.4, -0.2) is 49.3 Å². The van der Waals surface area contributed by atoms with Crippen LogP contribution in [0, 0.1) is 23.7 Å². The SMILES string of the molecule is CC(C)CP(CC(C)C)c1cc2ccccc2[cH-]1.CC(C)CP(CC(C)C)c1cc2ccccc2[cH-]1.CCCCCCP(CCCCCC)c1cc2ccccc2[cH-]1.CCCCCCP(CCCCCC)c1cc2ccccc2[cH-]1.[Cl-].[Cl-].[Ti+2].[Ti+2]. The molecule has 0 N–H and O–H groups in total. The number of halogens is 2. The summed E-state index contributed by atoms with van der Waals surface area (Å²) in [6, 6.07) is 54.8. The number of fused-ring (bicyclic) bond motifs is 4. The smallest absolute Gasteiger partial charge is 1.00 e. The van der Waals surface area contributed by atoms with Gasteiger partial charge in [-0.25, -0.2) is 0 Å². The van der Waals surface area contributed by atoms with E-state index in [0.717, 1.165) is 23.7 Å². The Kier molecular flexibility index (Phi) is 45.4. The van der Waals surface area contributed by atoms with Gasteiger partial charge < -0.3 is 24.8 Å². The zero-order valence-corrected chi connectivity index (χ0v) is 62.9.